The number of nitrogens with one attached hydrogen (secondary N) is 1. The molecule has 2 fully saturated rings. The van der Waals surface area contributed by atoms with Crippen molar-refractivity contribution in [1.82, 2.24) is 19.8 Å². The van der Waals surface area contributed by atoms with Crippen molar-refractivity contribution in [2.45, 2.75) is 20.3 Å². The summed E-state index contributed by atoms with van der Waals surface area (Å²) in [5.41, 5.74) is 3.43. The molecular weight excluding hydrogens is 388 g/mol. The molecule has 0 bridgehead atoms. The molecule has 168 valence electrons. The fourth-order valence-electron chi connectivity index (χ4n) is 4.24. The number of morpholine rings is 1. The molecule has 2 aliphatic heterocycles. The minimum Gasteiger partial charge on any atom is -0.379 e. The van der Waals surface area contributed by atoms with Crippen LogP contribution in [0.1, 0.15) is 18.9 Å². The second-order valence-corrected chi connectivity index (χ2v) is 8.43. The number of nitrogens with zero attached hydrogens (tertiary/aromatic N) is 5. The topological polar surface area (TPSA) is 56.8 Å². The molecule has 0 aliphatic carbocycles. The maximum atomic E-state index is 5.42. The Balaban J connectivity index is 1.32. The Bertz CT molecular complexity index is 813. The molecule has 0 saturated carbocycles. The van der Waals surface area contributed by atoms with Crippen LogP contribution in [0.15, 0.2) is 30.5 Å². The van der Waals surface area contributed by atoms with Crippen LogP contribution in [0.25, 0.3) is 11.4 Å². The molecule has 1 aromatic heterocycles. The van der Waals surface area contributed by atoms with E-state index in [1.54, 1.807) is 0 Å². The standard InChI is InChI=1S/C24H36N6O/c1-3-28-11-13-30(14-12-28)22-7-5-21(6-8-22)24-26-19-20(2)23(27-24)25-9-4-10-29-15-17-31-18-16-29/h5-8,19H,3-4,9-18H2,1-2H3,(H,25,26,27). The van der Waals surface area contributed by atoms with E-state index < -0.39 is 0 Å². The van der Waals surface area contributed by atoms with Crippen LogP contribution >= 0.6 is 0 Å². The van der Waals surface area contributed by atoms with Gasteiger partial charge in [-0.15, -0.1) is 0 Å². The lowest BCUT2D eigenvalue weighted by molar-refractivity contribution is 0.0378. The summed E-state index contributed by atoms with van der Waals surface area (Å²) in [7, 11) is 0. The maximum Gasteiger partial charge on any atom is 0.161 e. The largest absolute Gasteiger partial charge is 0.379 e. The first-order valence-corrected chi connectivity index (χ1v) is 11.7. The van der Waals surface area contributed by atoms with E-state index >= 15 is 0 Å². The number of hydrogen-bond acceptors (Lipinski definition) is 7. The quantitative estimate of drug-likeness (QED) is 0.654. The molecule has 0 spiro atoms. The molecule has 0 amide bonds. The summed E-state index contributed by atoms with van der Waals surface area (Å²) in [6.45, 7) is 15.7. The van der Waals surface area contributed by atoms with Gasteiger partial charge in [0.15, 0.2) is 5.82 Å². The average molecular weight is 425 g/mol. The van der Waals surface area contributed by atoms with Crippen molar-refractivity contribution in [2.75, 3.05) is 82.3 Å². The molecule has 2 aliphatic rings. The first-order valence-electron chi connectivity index (χ1n) is 11.7. The van der Waals surface area contributed by atoms with E-state index in [0.717, 1.165) is 101 Å². The van der Waals surface area contributed by atoms with Gasteiger partial charge in [-0.05, 0) is 50.7 Å². The van der Waals surface area contributed by atoms with E-state index in [1.165, 1.54) is 5.69 Å². The monoisotopic (exact) mass is 424 g/mol. The Labute approximate surface area is 186 Å². The van der Waals surface area contributed by atoms with Crippen LogP contribution in [0.4, 0.5) is 11.5 Å². The summed E-state index contributed by atoms with van der Waals surface area (Å²) in [4.78, 5) is 16.8. The Hall–Kier alpha value is -2.22. The van der Waals surface area contributed by atoms with E-state index in [2.05, 4.69) is 63.1 Å². The lowest BCUT2D eigenvalue weighted by atomic mass is 10.1. The van der Waals surface area contributed by atoms with Gasteiger partial charge in [-0.3, -0.25) is 4.90 Å². The van der Waals surface area contributed by atoms with Gasteiger partial charge in [-0.25, -0.2) is 9.97 Å². The predicted molar refractivity (Wildman–Crippen MR) is 127 cm³/mol. The summed E-state index contributed by atoms with van der Waals surface area (Å²) >= 11 is 0. The highest BCUT2D eigenvalue weighted by molar-refractivity contribution is 5.62. The van der Waals surface area contributed by atoms with Crippen molar-refractivity contribution in [3.05, 3.63) is 36.0 Å². The molecule has 4 rings (SSSR count). The number of aryl methyl sites for hydroxylation is 1. The van der Waals surface area contributed by atoms with E-state index in [1.807, 2.05) is 6.20 Å². The molecular formula is C24H36N6O. The van der Waals surface area contributed by atoms with Crippen molar-refractivity contribution in [3.63, 3.8) is 0 Å². The number of likely N-dealkylation sites (N-methyl/N-ethyl adjacent to an activating group) is 1. The number of aromatic nitrogens is 2. The van der Waals surface area contributed by atoms with Gasteiger partial charge < -0.3 is 19.9 Å². The van der Waals surface area contributed by atoms with E-state index in [9.17, 15) is 0 Å². The fraction of sp³-hybridized carbons (Fsp3) is 0.583. The van der Waals surface area contributed by atoms with Crippen molar-refractivity contribution in [3.8, 4) is 11.4 Å². The minimum absolute atomic E-state index is 0.781. The maximum absolute atomic E-state index is 5.42. The van der Waals surface area contributed by atoms with Gasteiger partial charge in [-0.2, -0.15) is 0 Å². The number of benzene rings is 1. The third-order valence-electron chi connectivity index (χ3n) is 6.33. The van der Waals surface area contributed by atoms with E-state index in [0.29, 0.717) is 0 Å². The number of rotatable bonds is 8. The number of ether oxygens (including phenoxy) is 1. The molecule has 2 saturated heterocycles. The Morgan fingerprint density at radius 1 is 0.968 bits per heavy atom. The normalized spacial score (nSPS) is 18.3. The zero-order valence-electron chi connectivity index (χ0n) is 19.0. The second kappa shape index (κ2) is 10.9. The van der Waals surface area contributed by atoms with Gasteiger partial charge in [0.05, 0.1) is 13.2 Å². The Morgan fingerprint density at radius 2 is 1.71 bits per heavy atom. The van der Waals surface area contributed by atoms with Crippen LogP contribution in [-0.4, -0.2) is 91.9 Å². The highest BCUT2D eigenvalue weighted by Crippen LogP contribution is 2.23. The summed E-state index contributed by atoms with van der Waals surface area (Å²) in [6.07, 6.45) is 3.02. The third kappa shape index (κ3) is 5.93. The van der Waals surface area contributed by atoms with Crippen LogP contribution in [-0.2, 0) is 4.74 Å². The smallest absolute Gasteiger partial charge is 0.161 e. The molecule has 2 aromatic rings. The van der Waals surface area contributed by atoms with Crippen LogP contribution in [0, 0.1) is 6.92 Å². The molecule has 31 heavy (non-hydrogen) atoms. The fourth-order valence-corrected chi connectivity index (χ4v) is 4.24. The van der Waals surface area contributed by atoms with E-state index in [-0.39, 0.29) is 0 Å². The first kappa shape index (κ1) is 22.0. The average Bonchev–Trinajstić information content (AvgIpc) is 2.84. The van der Waals surface area contributed by atoms with Crippen LogP contribution in [0.3, 0.4) is 0 Å². The van der Waals surface area contributed by atoms with Gasteiger partial charge >= 0.3 is 0 Å². The van der Waals surface area contributed by atoms with Crippen LogP contribution in [0.2, 0.25) is 0 Å². The zero-order valence-corrected chi connectivity index (χ0v) is 19.0. The summed E-state index contributed by atoms with van der Waals surface area (Å²) in [5.74, 6) is 1.72. The highest BCUT2D eigenvalue weighted by Gasteiger charge is 2.16. The van der Waals surface area contributed by atoms with E-state index in [4.69, 9.17) is 9.72 Å². The van der Waals surface area contributed by atoms with Gasteiger partial charge in [0, 0.05) is 68.8 Å². The summed E-state index contributed by atoms with van der Waals surface area (Å²) in [5, 5.41) is 3.51. The Morgan fingerprint density at radius 3 is 2.42 bits per heavy atom. The molecule has 0 unspecified atom stereocenters. The number of piperazine rings is 1. The SMILES string of the molecule is CCN1CCN(c2ccc(-c3ncc(C)c(NCCCN4CCOCC4)n3)cc2)CC1. The number of hydrogen-bond donors (Lipinski definition) is 1. The second-order valence-electron chi connectivity index (χ2n) is 8.43. The van der Waals surface area contributed by atoms with Gasteiger partial charge in [0.1, 0.15) is 5.82 Å². The molecule has 0 radical (unpaired) electrons. The van der Waals surface area contributed by atoms with Crippen LogP contribution < -0.4 is 10.2 Å². The summed E-state index contributed by atoms with van der Waals surface area (Å²) in [6, 6.07) is 8.70. The van der Waals surface area contributed by atoms with Gasteiger partial charge in [-0.1, -0.05) is 6.92 Å². The first-order chi connectivity index (χ1) is 15.2. The number of anilines is 2. The van der Waals surface area contributed by atoms with Crippen molar-refractivity contribution < 1.29 is 4.74 Å². The van der Waals surface area contributed by atoms with Gasteiger partial charge in [0.25, 0.3) is 0 Å². The molecule has 7 nitrogen and oxygen atoms in total. The van der Waals surface area contributed by atoms with Crippen LogP contribution in [0.5, 0.6) is 0 Å². The third-order valence-corrected chi connectivity index (χ3v) is 6.33. The predicted octanol–water partition coefficient (Wildman–Crippen LogP) is 2.73. The van der Waals surface area contributed by atoms with Gasteiger partial charge in [0.2, 0.25) is 0 Å². The lowest BCUT2D eigenvalue weighted by Crippen LogP contribution is -2.46. The Kier molecular flexibility index (Phi) is 7.72. The minimum atomic E-state index is 0.781. The van der Waals surface area contributed by atoms with Crippen molar-refractivity contribution in [1.29, 1.82) is 0 Å². The molecule has 3 heterocycles. The summed E-state index contributed by atoms with van der Waals surface area (Å²) < 4.78 is 5.42. The molecule has 0 atom stereocenters. The highest BCUT2D eigenvalue weighted by atomic mass is 16.5. The molecule has 7 heteroatoms. The zero-order chi connectivity index (χ0) is 21.5. The molecule has 1 N–H and O–H groups in total. The van der Waals surface area contributed by atoms with Crippen molar-refractivity contribution >= 4 is 11.5 Å². The molecule has 1 aromatic carbocycles. The lowest BCUT2D eigenvalue weighted by Gasteiger charge is -2.35. The van der Waals surface area contributed by atoms with Crippen molar-refractivity contribution in [2.24, 2.45) is 0 Å².